The van der Waals surface area contributed by atoms with Crippen LogP contribution < -0.4 is 5.32 Å². The van der Waals surface area contributed by atoms with Gasteiger partial charge in [-0.05, 0) is 51.3 Å². The molecule has 1 atom stereocenters. The van der Waals surface area contributed by atoms with Crippen LogP contribution in [0.5, 0.6) is 0 Å². The van der Waals surface area contributed by atoms with Gasteiger partial charge in [-0.3, -0.25) is 4.79 Å². The molecule has 1 aromatic carbocycles. The Morgan fingerprint density at radius 3 is 2.39 bits per heavy atom. The fourth-order valence-electron chi connectivity index (χ4n) is 3.79. The van der Waals surface area contributed by atoms with E-state index in [0.717, 1.165) is 24.1 Å². The fourth-order valence-corrected chi connectivity index (χ4v) is 3.79. The van der Waals surface area contributed by atoms with Crippen LogP contribution in [0.4, 0.5) is 0 Å². The van der Waals surface area contributed by atoms with Crippen LogP contribution in [0.1, 0.15) is 61.9 Å². The summed E-state index contributed by atoms with van der Waals surface area (Å²) < 4.78 is 10.2. The molecule has 1 unspecified atom stereocenters. The minimum Gasteiger partial charge on any atom is -0.465 e. The average molecular weight is 383 g/mol. The third-order valence-corrected chi connectivity index (χ3v) is 5.00. The van der Waals surface area contributed by atoms with Crippen molar-refractivity contribution in [1.82, 2.24) is 5.32 Å². The predicted octanol–water partition coefficient (Wildman–Crippen LogP) is 3.39. The van der Waals surface area contributed by atoms with Gasteiger partial charge in [0.2, 0.25) is 0 Å². The van der Waals surface area contributed by atoms with Gasteiger partial charge in [0, 0.05) is 29.3 Å². The fraction of sp³-hybridized carbons (Fsp3) is 0.409. The molecule has 0 aromatic heterocycles. The van der Waals surface area contributed by atoms with Crippen LogP contribution >= 0.6 is 0 Å². The van der Waals surface area contributed by atoms with Gasteiger partial charge in [-0.25, -0.2) is 9.59 Å². The summed E-state index contributed by atoms with van der Waals surface area (Å²) >= 11 is 0. The molecule has 0 spiro atoms. The summed E-state index contributed by atoms with van der Waals surface area (Å²) in [5.41, 5.74) is 3.81. The number of methoxy groups -OCH3 is 1. The van der Waals surface area contributed by atoms with Gasteiger partial charge in [0.15, 0.2) is 5.78 Å². The molecule has 1 N–H and O–H groups in total. The number of ether oxygens (including phenoxy) is 2. The number of nitrogens with one attached hydrogen (secondary N) is 1. The van der Waals surface area contributed by atoms with E-state index < -0.39 is 17.9 Å². The summed E-state index contributed by atoms with van der Waals surface area (Å²) in [6, 6.07) is 6.84. The maximum absolute atomic E-state index is 12.9. The second-order valence-electron chi connectivity index (χ2n) is 7.33. The lowest BCUT2D eigenvalue weighted by Gasteiger charge is -2.34. The lowest BCUT2D eigenvalue weighted by atomic mass is 9.75. The zero-order chi connectivity index (χ0) is 20.4. The van der Waals surface area contributed by atoms with Crippen molar-refractivity contribution < 1.29 is 23.9 Å². The third-order valence-electron chi connectivity index (χ3n) is 5.00. The van der Waals surface area contributed by atoms with Crippen molar-refractivity contribution in [1.29, 1.82) is 0 Å². The molecule has 0 bridgehead atoms. The van der Waals surface area contributed by atoms with Crippen LogP contribution in [-0.2, 0) is 19.1 Å². The number of carbonyl (C=O) groups is 3. The molecule has 0 saturated carbocycles. The van der Waals surface area contributed by atoms with Gasteiger partial charge in [0.25, 0.3) is 0 Å². The van der Waals surface area contributed by atoms with Crippen LogP contribution in [0, 0.1) is 0 Å². The quantitative estimate of drug-likeness (QED) is 0.803. The summed E-state index contributed by atoms with van der Waals surface area (Å²) in [5.74, 6) is -1.34. The van der Waals surface area contributed by atoms with E-state index in [9.17, 15) is 14.4 Å². The van der Waals surface area contributed by atoms with Gasteiger partial charge in [0.05, 0.1) is 24.4 Å². The van der Waals surface area contributed by atoms with Gasteiger partial charge >= 0.3 is 11.9 Å². The second-order valence-corrected chi connectivity index (χ2v) is 7.33. The molecule has 1 heterocycles. The van der Waals surface area contributed by atoms with E-state index in [0.29, 0.717) is 28.8 Å². The molecule has 0 saturated heterocycles. The summed E-state index contributed by atoms with van der Waals surface area (Å²) in [7, 11) is 1.33. The topological polar surface area (TPSA) is 81.7 Å². The predicted molar refractivity (Wildman–Crippen MR) is 103 cm³/mol. The number of hydrogen-bond donors (Lipinski definition) is 1. The molecule has 148 valence electrons. The average Bonchev–Trinajstić information content (AvgIpc) is 2.66. The minimum atomic E-state index is -0.512. The van der Waals surface area contributed by atoms with E-state index in [1.165, 1.54) is 7.11 Å². The largest absolute Gasteiger partial charge is 0.465 e. The summed E-state index contributed by atoms with van der Waals surface area (Å²) in [4.78, 5) is 37.4. The molecule has 6 nitrogen and oxygen atoms in total. The Labute approximate surface area is 164 Å². The Bertz CT molecular complexity index is 877. The Balaban J connectivity index is 2.10. The van der Waals surface area contributed by atoms with Gasteiger partial charge < -0.3 is 14.8 Å². The Morgan fingerprint density at radius 1 is 1.11 bits per heavy atom. The number of ketones is 1. The molecular formula is C22H25NO5. The molecule has 1 aromatic rings. The zero-order valence-corrected chi connectivity index (χ0v) is 16.6. The highest BCUT2D eigenvalue weighted by Gasteiger charge is 2.39. The van der Waals surface area contributed by atoms with Crippen molar-refractivity contribution in [2.45, 2.75) is 52.1 Å². The van der Waals surface area contributed by atoms with E-state index in [1.807, 2.05) is 6.92 Å². The van der Waals surface area contributed by atoms with Crippen LogP contribution in [0.15, 0.2) is 46.8 Å². The first-order chi connectivity index (χ1) is 13.3. The number of benzene rings is 1. The first kappa shape index (κ1) is 19.9. The van der Waals surface area contributed by atoms with Crippen LogP contribution in [0.3, 0.4) is 0 Å². The van der Waals surface area contributed by atoms with Gasteiger partial charge in [-0.15, -0.1) is 0 Å². The molecule has 3 rings (SSSR count). The molecule has 6 heteroatoms. The normalized spacial score (nSPS) is 19.3. The van der Waals surface area contributed by atoms with E-state index in [4.69, 9.17) is 9.47 Å². The van der Waals surface area contributed by atoms with Crippen molar-refractivity contribution in [2.24, 2.45) is 0 Å². The minimum absolute atomic E-state index is 0.0399. The SMILES string of the molecule is COC(=O)c1ccc(C2C(C(=O)OC(C)C)=C(C)NC3=C2C(=O)CCC3)cc1. The Morgan fingerprint density at radius 2 is 1.79 bits per heavy atom. The van der Waals surface area contributed by atoms with Gasteiger partial charge in [-0.1, -0.05) is 12.1 Å². The number of dihydropyridines is 1. The van der Waals surface area contributed by atoms with Crippen molar-refractivity contribution in [3.8, 4) is 0 Å². The highest BCUT2D eigenvalue weighted by Crippen LogP contribution is 2.42. The zero-order valence-electron chi connectivity index (χ0n) is 16.6. The first-order valence-corrected chi connectivity index (χ1v) is 9.46. The standard InChI is InChI=1S/C22H25NO5/c1-12(2)28-22(26)18-13(3)23-16-6-5-7-17(24)20(16)19(18)14-8-10-15(11-9-14)21(25)27-4/h8-12,19,23H,5-7H2,1-4H3. The smallest absolute Gasteiger partial charge is 0.337 e. The van der Waals surface area contributed by atoms with Crippen molar-refractivity contribution in [2.75, 3.05) is 7.11 Å². The van der Waals surface area contributed by atoms with Crippen LogP contribution in [-0.4, -0.2) is 30.9 Å². The molecule has 0 amide bonds. The summed E-state index contributed by atoms with van der Waals surface area (Å²) in [6.07, 6.45) is 1.75. The number of esters is 2. The van der Waals surface area contributed by atoms with Crippen LogP contribution in [0.2, 0.25) is 0 Å². The molecule has 2 aliphatic rings. The Hall–Kier alpha value is -2.89. The van der Waals surface area contributed by atoms with Crippen molar-refractivity contribution in [3.63, 3.8) is 0 Å². The number of rotatable bonds is 4. The van der Waals surface area contributed by atoms with E-state index in [2.05, 4.69) is 5.32 Å². The van der Waals surface area contributed by atoms with Gasteiger partial charge in [0.1, 0.15) is 0 Å². The molecule has 0 radical (unpaired) electrons. The maximum atomic E-state index is 12.9. The lowest BCUT2D eigenvalue weighted by Crippen LogP contribution is -2.35. The Kier molecular flexibility index (Phi) is 5.68. The van der Waals surface area contributed by atoms with Crippen molar-refractivity contribution in [3.05, 3.63) is 57.9 Å². The van der Waals surface area contributed by atoms with Crippen molar-refractivity contribution >= 4 is 17.7 Å². The van der Waals surface area contributed by atoms with Gasteiger partial charge in [-0.2, -0.15) is 0 Å². The highest BCUT2D eigenvalue weighted by molar-refractivity contribution is 6.03. The highest BCUT2D eigenvalue weighted by atomic mass is 16.5. The molecule has 28 heavy (non-hydrogen) atoms. The van der Waals surface area contributed by atoms with Crippen LogP contribution in [0.25, 0.3) is 0 Å². The number of carbonyl (C=O) groups excluding carboxylic acids is 3. The molecular weight excluding hydrogens is 358 g/mol. The van der Waals surface area contributed by atoms with E-state index in [-0.39, 0.29) is 11.9 Å². The number of Topliss-reactive ketones (excluding diaryl/α,β-unsaturated/α-hetero) is 1. The molecule has 0 fully saturated rings. The third kappa shape index (κ3) is 3.72. The molecule has 1 aliphatic heterocycles. The summed E-state index contributed by atoms with van der Waals surface area (Å²) in [6.45, 7) is 5.41. The number of allylic oxidation sites excluding steroid dienone is 3. The number of hydrogen-bond acceptors (Lipinski definition) is 6. The second kappa shape index (κ2) is 8.00. The summed E-state index contributed by atoms with van der Waals surface area (Å²) in [5, 5.41) is 3.25. The maximum Gasteiger partial charge on any atom is 0.337 e. The van der Waals surface area contributed by atoms with E-state index in [1.54, 1.807) is 38.1 Å². The monoisotopic (exact) mass is 383 g/mol. The molecule has 1 aliphatic carbocycles. The lowest BCUT2D eigenvalue weighted by molar-refractivity contribution is -0.143. The van der Waals surface area contributed by atoms with E-state index >= 15 is 0 Å². The first-order valence-electron chi connectivity index (χ1n) is 9.46.